The average Bonchev–Trinajstić information content (AvgIpc) is 2.54. The minimum Gasteiger partial charge on any atom is -0.308 e. The average molecular weight is 339 g/mol. The highest BCUT2D eigenvalue weighted by molar-refractivity contribution is 5.26. The summed E-state index contributed by atoms with van der Waals surface area (Å²) in [5, 5.41) is 0. The first-order valence-electron chi connectivity index (χ1n) is 9.43. The third-order valence-corrected chi connectivity index (χ3v) is 4.56. The summed E-state index contributed by atoms with van der Waals surface area (Å²) < 4.78 is 0. The molecule has 2 aromatic rings. The molecule has 0 unspecified atom stereocenters. The lowest BCUT2D eigenvalue weighted by molar-refractivity contribution is 0.226. The Morgan fingerprint density at radius 3 is 2.24 bits per heavy atom. The molecule has 0 aliphatic rings. The van der Waals surface area contributed by atoms with Gasteiger partial charge in [-0.3, -0.25) is 4.90 Å². The van der Waals surface area contributed by atoms with Crippen LogP contribution in [0.1, 0.15) is 36.1 Å². The van der Waals surface area contributed by atoms with Crippen LogP contribution in [0.25, 0.3) is 0 Å². The van der Waals surface area contributed by atoms with Crippen molar-refractivity contribution in [3.8, 4) is 0 Å². The van der Waals surface area contributed by atoms with Gasteiger partial charge in [0, 0.05) is 26.2 Å². The molecule has 136 valence electrons. The van der Waals surface area contributed by atoms with Gasteiger partial charge < -0.3 is 4.90 Å². The zero-order valence-corrected chi connectivity index (χ0v) is 16.6. The van der Waals surface area contributed by atoms with Gasteiger partial charge >= 0.3 is 0 Å². The molecule has 0 amide bonds. The van der Waals surface area contributed by atoms with E-state index >= 15 is 0 Å². The van der Waals surface area contributed by atoms with E-state index in [-0.39, 0.29) is 0 Å². The van der Waals surface area contributed by atoms with Crippen LogP contribution < -0.4 is 0 Å². The van der Waals surface area contributed by atoms with Crippen LogP contribution in [0.3, 0.4) is 0 Å². The van der Waals surface area contributed by atoms with Gasteiger partial charge in [0.15, 0.2) is 0 Å². The van der Waals surface area contributed by atoms with E-state index in [1.54, 1.807) is 0 Å². The van der Waals surface area contributed by atoms with Crippen LogP contribution >= 0.6 is 0 Å². The van der Waals surface area contributed by atoms with Gasteiger partial charge in [0.2, 0.25) is 0 Å². The summed E-state index contributed by atoms with van der Waals surface area (Å²) in [6.07, 6.45) is 1.16. The fourth-order valence-corrected chi connectivity index (χ4v) is 3.17. The molecule has 2 nitrogen and oxygen atoms in total. The Morgan fingerprint density at radius 2 is 1.56 bits per heavy atom. The predicted molar refractivity (Wildman–Crippen MR) is 109 cm³/mol. The summed E-state index contributed by atoms with van der Waals surface area (Å²) in [5.74, 6) is 0.701. The van der Waals surface area contributed by atoms with E-state index in [1.165, 1.54) is 22.3 Å². The van der Waals surface area contributed by atoms with E-state index in [0.717, 1.165) is 32.6 Å². The minimum atomic E-state index is 0.701. The molecule has 25 heavy (non-hydrogen) atoms. The molecule has 0 radical (unpaired) electrons. The molecular weight excluding hydrogens is 304 g/mol. The van der Waals surface area contributed by atoms with E-state index in [9.17, 15) is 0 Å². The second kappa shape index (κ2) is 9.74. The van der Waals surface area contributed by atoms with Gasteiger partial charge in [-0.25, -0.2) is 0 Å². The van der Waals surface area contributed by atoms with Crippen molar-refractivity contribution in [1.82, 2.24) is 9.80 Å². The fraction of sp³-hybridized carbons (Fsp3) is 0.478. The molecule has 0 aliphatic heterocycles. The van der Waals surface area contributed by atoms with Crippen molar-refractivity contribution in [2.45, 2.75) is 40.3 Å². The first kappa shape index (κ1) is 19.7. The van der Waals surface area contributed by atoms with Gasteiger partial charge in [0.25, 0.3) is 0 Å². The van der Waals surface area contributed by atoms with Crippen molar-refractivity contribution in [3.63, 3.8) is 0 Å². The molecule has 0 saturated heterocycles. The first-order valence-corrected chi connectivity index (χ1v) is 9.43. The largest absolute Gasteiger partial charge is 0.308 e. The Labute approximate surface area is 154 Å². The summed E-state index contributed by atoms with van der Waals surface area (Å²) in [7, 11) is 4.30. The zero-order chi connectivity index (χ0) is 18.2. The first-order chi connectivity index (χ1) is 11.9. The van der Waals surface area contributed by atoms with Gasteiger partial charge in [-0.2, -0.15) is 0 Å². The molecule has 0 fully saturated rings. The van der Waals surface area contributed by atoms with Crippen molar-refractivity contribution in [2.75, 3.05) is 27.2 Å². The third-order valence-electron chi connectivity index (χ3n) is 4.56. The van der Waals surface area contributed by atoms with Gasteiger partial charge in [0.05, 0.1) is 0 Å². The highest BCUT2D eigenvalue weighted by Gasteiger charge is 2.10. The Hall–Kier alpha value is -1.64. The lowest BCUT2D eigenvalue weighted by atomic mass is 10.0. The third kappa shape index (κ3) is 7.01. The minimum absolute atomic E-state index is 0.701. The quantitative estimate of drug-likeness (QED) is 0.650. The lowest BCUT2D eigenvalue weighted by Crippen LogP contribution is -2.31. The smallest absolute Gasteiger partial charge is 0.0240 e. The highest BCUT2D eigenvalue weighted by Crippen LogP contribution is 2.16. The Balaban J connectivity index is 2.11. The fourth-order valence-electron chi connectivity index (χ4n) is 3.17. The van der Waals surface area contributed by atoms with Gasteiger partial charge in [-0.05, 0) is 55.6 Å². The molecule has 0 atom stereocenters. The molecule has 0 aromatic heterocycles. The SMILES string of the molecule is Cc1ccccc1CN(CCN(C)C)Cc1cccc(CC(C)C)c1. The van der Waals surface area contributed by atoms with Crippen molar-refractivity contribution >= 4 is 0 Å². The van der Waals surface area contributed by atoms with Crippen LogP contribution in [-0.2, 0) is 19.5 Å². The number of rotatable bonds is 9. The maximum atomic E-state index is 2.57. The summed E-state index contributed by atoms with van der Waals surface area (Å²) in [5.41, 5.74) is 5.69. The lowest BCUT2D eigenvalue weighted by Gasteiger charge is -2.25. The summed E-state index contributed by atoms with van der Waals surface area (Å²) in [6.45, 7) is 11.0. The van der Waals surface area contributed by atoms with Crippen LogP contribution in [0.15, 0.2) is 48.5 Å². The van der Waals surface area contributed by atoms with Crippen LogP contribution in [0, 0.1) is 12.8 Å². The number of hydrogen-bond acceptors (Lipinski definition) is 2. The number of aryl methyl sites for hydroxylation is 1. The van der Waals surface area contributed by atoms with Crippen molar-refractivity contribution in [2.24, 2.45) is 5.92 Å². The maximum Gasteiger partial charge on any atom is 0.0240 e. The molecule has 2 aromatic carbocycles. The van der Waals surface area contributed by atoms with Crippen LogP contribution in [0.5, 0.6) is 0 Å². The summed E-state index contributed by atoms with van der Waals surface area (Å²) in [6, 6.07) is 17.9. The Bertz CT molecular complexity index is 646. The molecular formula is C23H34N2. The van der Waals surface area contributed by atoms with Gasteiger partial charge in [-0.1, -0.05) is 62.4 Å². The molecule has 0 N–H and O–H groups in total. The zero-order valence-electron chi connectivity index (χ0n) is 16.6. The molecule has 0 heterocycles. The molecule has 0 bridgehead atoms. The summed E-state index contributed by atoms with van der Waals surface area (Å²) in [4.78, 5) is 4.83. The highest BCUT2D eigenvalue weighted by atomic mass is 15.2. The number of benzene rings is 2. The number of likely N-dealkylation sites (N-methyl/N-ethyl adjacent to an activating group) is 1. The van der Waals surface area contributed by atoms with E-state index in [0.29, 0.717) is 5.92 Å². The maximum absolute atomic E-state index is 2.57. The monoisotopic (exact) mass is 338 g/mol. The van der Waals surface area contributed by atoms with Crippen LogP contribution in [-0.4, -0.2) is 37.0 Å². The predicted octanol–water partition coefficient (Wildman–Crippen LogP) is 4.76. The van der Waals surface area contributed by atoms with E-state index in [4.69, 9.17) is 0 Å². The van der Waals surface area contributed by atoms with E-state index < -0.39 is 0 Å². The van der Waals surface area contributed by atoms with E-state index in [2.05, 4.69) is 93.2 Å². The topological polar surface area (TPSA) is 6.48 Å². The summed E-state index contributed by atoms with van der Waals surface area (Å²) >= 11 is 0. The van der Waals surface area contributed by atoms with Crippen molar-refractivity contribution in [3.05, 3.63) is 70.8 Å². The molecule has 2 rings (SSSR count). The van der Waals surface area contributed by atoms with Crippen LogP contribution in [0.2, 0.25) is 0 Å². The standard InChI is InChI=1S/C23H34N2/c1-19(2)15-21-10-8-11-22(16-21)17-25(14-13-24(4)5)18-23-12-7-6-9-20(23)3/h6-12,16,19H,13-15,17-18H2,1-5H3. The van der Waals surface area contributed by atoms with Crippen molar-refractivity contribution in [1.29, 1.82) is 0 Å². The number of nitrogens with zero attached hydrogens (tertiary/aromatic N) is 2. The normalized spacial score (nSPS) is 11.7. The Kier molecular flexibility index (Phi) is 7.67. The van der Waals surface area contributed by atoms with Crippen LogP contribution in [0.4, 0.5) is 0 Å². The molecule has 2 heteroatoms. The second-order valence-corrected chi connectivity index (χ2v) is 7.86. The van der Waals surface area contributed by atoms with Crippen molar-refractivity contribution < 1.29 is 0 Å². The van der Waals surface area contributed by atoms with E-state index in [1.807, 2.05) is 0 Å². The Morgan fingerprint density at radius 1 is 0.840 bits per heavy atom. The second-order valence-electron chi connectivity index (χ2n) is 7.86. The number of hydrogen-bond donors (Lipinski definition) is 0. The molecule has 0 aliphatic carbocycles. The van der Waals surface area contributed by atoms with Gasteiger partial charge in [0.1, 0.15) is 0 Å². The molecule has 0 saturated carbocycles. The van der Waals surface area contributed by atoms with Gasteiger partial charge in [-0.15, -0.1) is 0 Å². The molecule has 0 spiro atoms.